The standard InChI is InChI=1S/C35H58O5/c1-3-5-7-8-9-10-11-12-13-15-22-39-35(38)26-40-34-19-16-17-27-23-31-28(24-32(27)34)25-33(37)30(31)21-20-29(36)18-14-6-4-2/h16-17,19,28-31,33,36-37H,3-15,18,20-26H2,1-2H3/t28-,29-,30+,31-,33+/m0/s1. The van der Waals surface area contributed by atoms with Crippen molar-refractivity contribution in [3.63, 3.8) is 0 Å². The summed E-state index contributed by atoms with van der Waals surface area (Å²) in [4.78, 5) is 12.3. The van der Waals surface area contributed by atoms with Crippen molar-refractivity contribution in [2.24, 2.45) is 17.8 Å². The number of rotatable bonds is 21. The first-order valence-corrected chi connectivity index (χ1v) is 16.8. The Morgan fingerprint density at radius 2 is 1.57 bits per heavy atom. The quantitative estimate of drug-likeness (QED) is 0.118. The van der Waals surface area contributed by atoms with Crippen LogP contribution >= 0.6 is 0 Å². The molecule has 0 amide bonds. The summed E-state index contributed by atoms with van der Waals surface area (Å²) in [6.45, 7) is 4.86. The van der Waals surface area contributed by atoms with Crippen molar-refractivity contribution in [2.45, 2.75) is 148 Å². The van der Waals surface area contributed by atoms with Gasteiger partial charge in [-0.15, -0.1) is 0 Å². The average molecular weight is 559 g/mol. The Kier molecular flexibility index (Phi) is 15.4. The smallest absolute Gasteiger partial charge is 0.344 e. The zero-order valence-electron chi connectivity index (χ0n) is 25.6. The van der Waals surface area contributed by atoms with E-state index in [2.05, 4.69) is 19.9 Å². The van der Waals surface area contributed by atoms with Crippen molar-refractivity contribution in [3.8, 4) is 5.75 Å². The normalized spacial score (nSPS) is 22.5. The van der Waals surface area contributed by atoms with Crippen LogP contribution in [0.2, 0.25) is 0 Å². The Morgan fingerprint density at radius 1 is 0.900 bits per heavy atom. The lowest BCUT2D eigenvalue weighted by atomic mass is 9.73. The second-order valence-corrected chi connectivity index (χ2v) is 12.6. The van der Waals surface area contributed by atoms with Crippen molar-refractivity contribution in [1.82, 2.24) is 0 Å². The molecule has 5 nitrogen and oxygen atoms in total. The number of ether oxygens (including phenoxy) is 2. The molecule has 0 radical (unpaired) electrons. The van der Waals surface area contributed by atoms with Gasteiger partial charge in [0.1, 0.15) is 5.75 Å². The van der Waals surface area contributed by atoms with Crippen LogP contribution in [0.1, 0.15) is 134 Å². The molecule has 0 spiro atoms. The zero-order chi connectivity index (χ0) is 28.6. The van der Waals surface area contributed by atoms with Crippen LogP contribution in [0.25, 0.3) is 0 Å². The van der Waals surface area contributed by atoms with Gasteiger partial charge in [0.15, 0.2) is 6.61 Å². The van der Waals surface area contributed by atoms with E-state index in [4.69, 9.17) is 9.47 Å². The minimum absolute atomic E-state index is 0.0521. The molecule has 0 aromatic heterocycles. The lowest BCUT2D eigenvalue weighted by Crippen LogP contribution is -2.28. The third kappa shape index (κ3) is 11.0. The first kappa shape index (κ1) is 32.9. The summed E-state index contributed by atoms with van der Waals surface area (Å²) < 4.78 is 11.4. The molecule has 5 heteroatoms. The largest absolute Gasteiger partial charge is 0.482 e. The van der Waals surface area contributed by atoms with Crippen LogP contribution in [0.3, 0.4) is 0 Å². The van der Waals surface area contributed by atoms with Crippen molar-refractivity contribution in [3.05, 3.63) is 29.3 Å². The Labute approximate surface area is 244 Å². The highest BCUT2D eigenvalue weighted by Crippen LogP contribution is 2.48. The lowest BCUT2D eigenvalue weighted by molar-refractivity contribution is -0.146. The highest BCUT2D eigenvalue weighted by atomic mass is 16.6. The van der Waals surface area contributed by atoms with Gasteiger partial charge in [0.2, 0.25) is 0 Å². The number of unbranched alkanes of at least 4 members (excludes halogenated alkanes) is 11. The lowest BCUT2D eigenvalue weighted by Gasteiger charge is -2.32. The first-order valence-electron chi connectivity index (χ1n) is 16.8. The summed E-state index contributed by atoms with van der Waals surface area (Å²) in [7, 11) is 0. The number of fused-ring (bicyclic) bond motifs is 2. The van der Waals surface area contributed by atoms with E-state index in [1.165, 1.54) is 75.3 Å². The average Bonchev–Trinajstić information content (AvgIpc) is 3.26. The van der Waals surface area contributed by atoms with Crippen LogP contribution in [-0.2, 0) is 22.4 Å². The van der Waals surface area contributed by atoms with E-state index >= 15 is 0 Å². The Hall–Kier alpha value is -1.59. The minimum Gasteiger partial charge on any atom is -0.482 e. The molecule has 0 unspecified atom stereocenters. The van der Waals surface area contributed by atoms with E-state index in [-0.39, 0.29) is 30.7 Å². The molecule has 1 aromatic carbocycles. The molecule has 1 aromatic rings. The van der Waals surface area contributed by atoms with Crippen LogP contribution in [-0.4, -0.2) is 41.6 Å². The van der Waals surface area contributed by atoms with E-state index in [1.54, 1.807) is 0 Å². The maximum Gasteiger partial charge on any atom is 0.344 e. The summed E-state index contributed by atoms with van der Waals surface area (Å²) in [6.07, 6.45) is 20.7. The Bertz CT molecular complexity index is 839. The van der Waals surface area contributed by atoms with Gasteiger partial charge in [-0.05, 0) is 79.9 Å². The summed E-state index contributed by atoms with van der Waals surface area (Å²) in [5, 5.41) is 21.3. The summed E-state index contributed by atoms with van der Waals surface area (Å²) in [5.74, 6) is 1.63. The number of carbonyl (C=O) groups excluding carboxylic acids is 1. The SMILES string of the molecule is CCCCCCCCCCCCOC(=O)COc1cccc2c1C[C@H]1C[C@@H](O)[C@H](CC[C@@H](O)CCCCC)[C@H]1C2. The number of carbonyl (C=O) groups is 1. The van der Waals surface area contributed by atoms with Crippen LogP contribution in [0.5, 0.6) is 5.75 Å². The molecular weight excluding hydrogens is 500 g/mol. The summed E-state index contributed by atoms with van der Waals surface area (Å²) >= 11 is 0. The van der Waals surface area contributed by atoms with Crippen LogP contribution < -0.4 is 4.74 Å². The molecular formula is C35H58O5. The van der Waals surface area contributed by atoms with Crippen molar-refractivity contribution in [2.75, 3.05) is 13.2 Å². The van der Waals surface area contributed by atoms with E-state index in [9.17, 15) is 15.0 Å². The molecule has 0 aliphatic heterocycles. The molecule has 1 saturated carbocycles. The minimum atomic E-state index is -0.295. The van der Waals surface area contributed by atoms with Gasteiger partial charge >= 0.3 is 5.97 Å². The molecule has 3 rings (SSSR count). The van der Waals surface area contributed by atoms with E-state index < -0.39 is 0 Å². The number of hydrogen-bond donors (Lipinski definition) is 2. The Balaban J connectivity index is 1.36. The van der Waals surface area contributed by atoms with Gasteiger partial charge < -0.3 is 19.7 Å². The van der Waals surface area contributed by atoms with Gasteiger partial charge in [-0.1, -0.05) is 103 Å². The first-order chi connectivity index (χ1) is 19.5. The molecule has 2 aliphatic rings. The number of benzene rings is 1. The molecule has 40 heavy (non-hydrogen) atoms. The fraction of sp³-hybridized carbons (Fsp3) is 0.800. The maximum absolute atomic E-state index is 12.3. The van der Waals surface area contributed by atoms with Gasteiger partial charge in [0.25, 0.3) is 0 Å². The number of esters is 1. The molecule has 2 aliphatic carbocycles. The van der Waals surface area contributed by atoms with Gasteiger partial charge in [-0.25, -0.2) is 4.79 Å². The highest BCUT2D eigenvalue weighted by molar-refractivity contribution is 5.71. The van der Waals surface area contributed by atoms with Gasteiger partial charge in [-0.2, -0.15) is 0 Å². The molecule has 228 valence electrons. The van der Waals surface area contributed by atoms with Gasteiger partial charge in [0.05, 0.1) is 18.8 Å². The molecule has 5 atom stereocenters. The van der Waals surface area contributed by atoms with Crippen LogP contribution in [0.4, 0.5) is 0 Å². The van der Waals surface area contributed by atoms with Crippen molar-refractivity contribution in [1.29, 1.82) is 0 Å². The number of aliphatic hydroxyl groups is 2. The monoisotopic (exact) mass is 558 g/mol. The Morgan fingerprint density at radius 3 is 2.30 bits per heavy atom. The van der Waals surface area contributed by atoms with E-state index in [0.29, 0.717) is 18.4 Å². The van der Waals surface area contributed by atoms with Crippen LogP contribution in [0, 0.1) is 17.8 Å². The van der Waals surface area contributed by atoms with Crippen LogP contribution in [0.15, 0.2) is 18.2 Å². The predicted molar refractivity (Wildman–Crippen MR) is 163 cm³/mol. The summed E-state index contributed by atoms with van der Waals surface area (Å²) in [6, 6.07) is 6.15. The molecule has 0 bridgehead atoms. The predicted octanol–water partition coefficient (Wildman–Crippen LogP) is 7.96. The molecule has 1 fully saturated rings. The fourth-order valence-corrected chi connectivity index (χ4v) is 7.05. The topological polar surface area (TPSA) is 76.0 Å². The van der Waals surface area contributed by atoms with Gasteiger partial charge in [-0.3, -0.25) is 0 Å². The molecule has 2 N–H and O–H groups in total. The second kappa shape index (κ2) is 18.8. The van der Waals surface area contributed by atoms with Gasteiger partial charge in [0, 0.05) is 0 Å². The number of hydrogen-bond acceptors (Lipinski definition) is 5. The number of aliphatic hydroxyl groups excluding tert-OH is 2. The third-order valence-corrected chi connectivity index (χ3v) is 9.43. The zero-order valence-corrected chi connectivity index (χ0v) is 25.6. The fourth-order valence-electron chi connectivity index (χ4n) is 7.05. The highest BCUT2D eigenvalue weighted by Gasteiger charge is 2.44. The molecule has 0 saturated heterocycles. The van der Waals surface area contributed by atoms with E-state index in [0.717, 1.165) is 63.5 Å². The van der Waals surface area contributed by atoms with Crippen molar-refractivity contribution >= 4 is 5.97 Å². The summed E-state index contributed by atoms with van der Waals surface area (Å²) in [5.41, 5.74) is 2.47. The third-order valence-electron chi connectivity index (χ3n) is 9.43. The van der Waals surface area contributed by atoms with E-state index in [1.807, 2.05) is 12.1 Å². The molecule has 0 heterocycles. The van der Waals surface area contributed by atoms with Crippen molar-refractivity contribution < 1.29 is 24.5 Å². The maximum atomic E-state index is 12.3. The second-order valence-electron chi connectivity index (χ2n) is 12.6.